The Hall–Kier alpha value is -5.84. The van der Waals surface area contributed by atoms with Gasteiger partial charge in [0, 0.05) is 66.9 Å². The molecule has 4 heterocycles. The molecule has 7 heteroatoms. The first-order valence-corrected chi connectivity index (χ1v) is 20.0. The van der Waals surface area contributed by atoms with Gasteiger partial charge < -0.3 is 23.5 Å². The normalized spacial score (nSPS) is 13.2. The van der Waals surface area contributed by atoms with Crippen LogP contribution in [0.5, 0.6) is 11.5 Å². The van der Waals surface area contributed by atoms with Crippen molar-refractivity contribution < 1.29 is 30.2 Å². The van der Waals surface area contributed by atoms with E-state index in [1.807, 2.05) is 36.5 Å². The van der Waals surface area contributed by atoms with E-state index in [4.69, 9.17) is 14.1 Å². The van der Waals surface area contributed by atoms with Crippen molar-refractivity contribution in [3.8, 4) is 17.3 Å². The van der Waals surface area contributed by atoms with E-state index >= 15 is 0 Å². The number of rotatable bonds is 5. The van der Waals surface area contributed by atoms with Gasteiger partial charge in [-0.05, 0) is 99.5 Å². The van der Waals surface area contributed by atoms with Gasteiger partial charge in [0.25, 0.3) is 0 Å². The molecule has 0 atom stereocenters. The number of benzene rings is 6. The summed E-state index contributed by atoms with van der Waals surface area (Å²) >= 11 is 0. The average Bonchev–Trinajstić information content (AvgIpc) is 3.87. The standard InChI is InChI=1S/C52H45N4O2.Pt/c1-32-26-35(52(6,7)8)27-33(2)49(32)55-31-54(41-21-12-13-22-42(41)55)36-16-15-17-37(29-36)57-45-30-43-47(50-48(45)39-19-10-14-23-44(39)58-50)38-18-9-11-20-40(38)56(43)46-28-34(24-25-53-46)51(3,4)5;/h9-28,31H,1-8H3;/q-3;. The third-order valence-corrected chi connectivity index (χ3v) is 11.5. The van der Waals surface area contributed by atoms with E-state index in [0.717, 1.165) is 66.6 Å². The van der Waals surface area contributed by atoms with Gasteiger partial charge in [-0.3, -0.25) is 0 Å². The molecule has 0 amide bonds. The van der Waals surface area contributed by atoms with E-state index in [1.165, 1.54) is 27.9 Å². The Kier molecular flexibility index (Phi) is 9.28. The molecule has 10 rings (SSSR count). The van der Waals surface area contributed by atoms with Gasteiger partial charge in [0.1, 0.15) is 11.4 Å². The van der Waals surface area contributed by atoms with Crippen LogP contribution in [0.1, 0.15) is 63.8 Å². The number of hydrogen-bond acceptors (Lipinski definition) is 5. The van der Waals surface area contributed by atoms with Crippen LogP contribution in [-0.4, -0.2) is 9.55 Å². The molecule has 59 heavy (non-hydrogen) atoms. The van der Waals surface area contributed by atoms with E-state index in [1.54, 1.807) is 0 Å². The first-order chi connectivity index (χ1) is 27.8. The number of pyridine rings is 1. The first kappa shape index (κ1) is 38.7. The summed E-state index contributed by atoms with van der Waals surface area (Å²) in [6, 6.07) is 47.5. The Morgan fingerprint density at radius 1 is 0.661 bits per heavy atom. The number of hydrogen-bond donors (Lipinski definition) is 0. The van der Waals surface area contributed by atoms with Crippen LogP contribution in [0.2, 0.25) is 0 Å². The summed E-state index contributed by atoms with van der Waals surface area (Å²) < 4.78 is 15.9. The van der Waals surface area contributed by atoms with Gasteiger partial charge in [-0.1, -0.05) is 113 Å². The molecule has 0 radical (unpaired) electrons. The zero-order chi connectivity index (χ0) is 40.1. The van der Waals surface area contributed by atoms with Crippen molar-refractivity contribution in [3.05, 3.63) is 163 Å². The van der Waals surface area contributed by atoms with Gasteiger partial charge >= 0.3 is 0 Å². The second-order valence-electron chi connectivity index (χ2n) is 17.5. The monoisotopic (exact) mass is 952 g/mol. The zero-order valence-electron chi connectivity index (χ0n) is 34.5. The number of anilines is 4. The van der Waals surface area contributed by atoms with Crippen LogP contribution in [0.25, 0.3) is 49.6 Å². The van der Waals surface area contributed by atoms with E-state index in [9.17, 15) is 0 Å². The number of aromatic nitrogens is 2. The van der Waals surface area contributed by atoms with E-state index in [2.05, 4.69) is 173 Å². The minimum Gasteiger partial charge on any atom is -0.508 e. The third kappa shape index (κ3) is 6.40. The SMILES string of the molecule is Cc1cc(C(C)(C)C)cc(C)c1N1[CH-]N(c2[c-]c(Oc3[c-]c4c(c5ccccc5n4-c4cc(C(C)(C)C)ccn4)c4oc5ccccc5c34)ccc2)c2ccccc21.[Pt]. The molecule has 0 spiro atoms. The fourth-order valence-corrected chi connectivity index (χ4v) is 8.52. The summed E-state index contributed by atoms with van der Waals surface area (Å²) in [6.45, 7) is 20.1. The van der Waals surface area contributed by atoms with Crippen molar-refractivity contribution in [2.45, 2.75) is 66.2 Å². The molecule has 0 saturated heterocycles. The molecule has 3 aromatic heterocycles. The molecule has 0 fully saturated rings. The Balaban J connectivity index is 0.00000449. The Labute approximate surface area is 360 Å². The molecule has 0 N–H and O–H groups in total. The first-order valence-electron chi connectivity index (χ1n) is 20.0. The summed E-state index contributed by atoms with van der Waals surface area (Å²) in [4.78, 5) is 9.41. The summed E-state index contributed by atoms with van der Waals surface area (Å²) in [7, 11) is 0. The predicted octanol–water partition coefficient (Wildman–Crippen LogP) is 14.1. The van der Waals surface area contributed by atoms with Gasteiger partial charge in [0.2, 0.25) is 0 Å². The fraction of sp³-hybridized carbons (Fsp3) is 0.192. The van der Waals surface area contributed by atoms with E-state index in [-0.39, 0.29) is 31.9 Å². The van der Waals surface area contributed by atoms with Crippen molar-refractivity contribution in [2.75, 3.05) is 9.80 Å². The molecular weight excluding hydrogens is 908 g/mol. The van der Waals surface area contributed by atoms with E-state index in [0.29, 0.717) is 11.5 Å². The van der Waals surface area contributed by atoms with Crippen LogP contribution in [0, 0.1) is 32.6 Å². The minimum atomic E-state index is -0.0554. The topological polar surface area (TPSA) is 46.7 Å². The maximum atomic E-state index is 6.95. The number of furan rings is 1. The average molecular weight is 953 g/mol. The molecule has 0 saturated carbocycles. The number of para-hydroxylation sites is 4. The van der Waals surface area contributed by atoms with Gasteiger partial charge in [-0.25, -0.2) is 4.98 Å². The van der Waals surface area contributed by atoms with Crippen molar-refractivity contribution in [1.82, 2.24) is 9.55 Å². The Morgan fingerprint density at radius 2 is 1.32 bits per heavy atom. The van der Waals surface area contributed by atoms with Crippen LogP contribution >= 0.6 is 0 Å². The quantitative estimate of drug-likeness (QED) is 0.161. The van der Waals surface area contributed by atoms with Crippen LogP contribution in [0.3, 0.4) is 0 Å². The molecule has 1 aliphatic heterocycles. The van der Waals surface area contributed by atoms with Crippen LogP contribution in [0.4, 0.5) is 22.7 Å². The smallest absolute Gasteiger partial charge is 0.135 e. The van der Waals surface area contributed by atoms with Gasteiger partial charge in [0.15, 0.2) is 0 Å². The molecule has 298 valence electrons. The molecule has 9 aromatic rings. The van der Waals surface area contributed by atoms with Crippen molar-refractivity contribution >= 4 is 66.5 Å². The van der Waals surface area contributed by atoms with Crippen molar-refractivity contribution in [3.63, 3.8) is 0 Å². The maximum absolute atomic E-state index is 6.95. The molecule has 0 bridgehead atoms. The van der Waals surface area contributed by atoms with Gasteiger partial charge in [-0.2, -0.15) is 6.07 Å². The van der Waals surface area contributed by atoms with Crippen molar-refractivity contribution in [2.24, 2.45) is 0 Å². The summed E-state index contributed by atoms with van der Waals surface area (Å²) in [5.74, 6) is 1.95. The maximum Gasteiger partial charge on any atom is 0.135 e. The molecule has 6 aromatic carbocycles. The predicted molar refractivity (Wildman–Crippen MR) is 238 cm³/mol. The largest absolute Gasteiger partial charge is 0.508 e. The molecule has 0 unspecified atom stereocenters. The Morgan fingerprint density at radius 3 is 2.05 bits per heavy atom. The minimum absolute atomic E-state index is 0. The molecule has 1 aliphatic rings. The molecule has 0 aliphatic carbocycles. The number of aryl methyl sites for hydroxylation is 2. The number of nitrogens with zero attached hydrogens (tertiary/aromatic N) is 4. The Bertz CT molecular complexity index is 3070. The number of ether oxygens (including phenoxy) is 1. The second kappa shape index (κ2) is 14.2. The molecular formula is C52H45N4O2Pt-3. The summed E-state index contributed by atoms with van der Waals surface area (Å²) in [6.07, 6.45) is 1.90. The van der Waals surface area contributed by atoms with Gasteiger partial charge in [-0.15, -0.1) is 36.6 Å². The number of fused-ring (bicyclic) bond motifs is 8. The summed E-state index contributed by atoms with van der Waals surface area (Å²) in [5, 5.41) is 3.87. The second-order valence-corrected chi connectivity index (χ2v) is 17.5. The van der Waals surface area contributed by atoms with Gasteiger partial charge in [0.05, 0.1) is 0 Å². The van der Waals surface area contributed by atoms with Crippen molar-refractivity contribution in [1.29, 1.82) is 0 Å². The summed E-state index contributed by atoms with van der Waals surface area (Å²) in [5.41, 5.74) is 12.6. The fourth-order valence-electron chi connectivity index (χ4n) is 8.52. The van der Waals surface area contributed by atoms with Crippen LogP contribution < -0.4 is 14.5 Å². The zero-order valence-corrected chi connectivity index (χ0v) is 36.8. The molecule has 6 nitrogen and oxygen atoms in total. The van der Waals surface area contributed by atoms with Crippen LogP contribution in [0.15, 0.2) is 126 Å². The van der Waals surface area contributed by atoms with E-state index < -0.39 is 0 Å². The van der Waals surface area contributed by atoms with Crippen LogP contribution in [-0.2, 0) is 31.9 Å². The third-order valence-electron chi connectivity index (χ3n) is 11.5.